The summed E-state index contributed by atoms with van der Waals surface area (Å²) in [6, 6.07) is 9.21. The minimum absolute atomic E-state index is 0.0628. The topological polar surface area (TPSA) is 42.0 Å². The molecule has 126 valence electrons. The molecule has 25 heavy (non-hydrogen) atoms. The molecule has 0 aliphatic rings. The lowest BCUT2D eigenvalue weighted by molar-refractivity contribution is 0.593. The van der Waals surface area contributed by atoms with Gasteiger partial charge in [-0.25, -0.2) is 13.8 Å². The smallest absolute Gasteiger partial charge is 0.196 e. The van der Waals surface area contributed by atoms with Gasteiger partial charge in [-0.05, 0) is 18.6 Å². The fraction of sp³-hybridized carbons (Fsp3) is 0.158. The van der Waals surface area contributed by atoms with Crippen molar-refractivity contribution < 1.29 is 8.78 Å². The van der Waals surface area contributed by atoms with Crippen molar-refractivity contribution in [3.63, 3.8) is 0 Å². The fourth-order valence-electron chi connectivity index (χ4n) is 2.95. The molecule has 2 aromatic heterocycles. The van der Waals surface area contributed by atoms with E-state index in [0.29, 0.717) is 33.4 Å². The molecule has 3 nitrogen and oxygen atoms in total. The highest BCUT2D eigenvalue weighted by Crippen LogP contribution is 2.35. The second kappa shape index (κ2) is 6.04. The number of hydrogen-bond acceptors (Lipinski definition) is 4. The summed E-state index contributed by atoms with van der Waals surface area (Å²) in [4.78, 5) is 17.7. The van der Waals surface area contributed by atoms with Gasteiger partial charge < -0.3 is 5.32 Å². The number of aromatic nitrogens is 1. The highest BCUT2D eigenvalue weighted by atomic mass is 32.1. The molecule has 6 heteroatoms. The average molecular weight is 356 g/mol. The van der Waals surface area contributed by atoms with Gasteiger partial charge in [-0.1, -0.05) is 25.1 Å². The quantitative estimate of drug-likeness (QED) is 0.412. The molecule has 0 bridgehead atoms. The van der Waals surface area contributed by atoms with E-state index in [1.165, 1.54) is 0 Å². The minimum Gasteiger partial charge on any atom is -0.369 e. The van der Waals surface area contributed by atoms with Crippen molar-refractivity contribution in [1.82, 2.24) is 4.98 Å². The summed E-state index contributed by atoms with van der Waals surface area (Å²) in [6.07, 6.45) is 0.887. The van der Waals surface area contributed by atoms with Crippen LogP contribution in [0.15, 0.2) is 41.2 Å². The summed E-state index contributed by atoms with van der Waals surface area (Å²) in [6.45, 7) is 2.71. The summed E-state index contributed by atoms with van der Waals surface area (Å²) in [5, 5.41) is 4.42. The van der Waals surface area contributed by atoms with Gasteiger partial charge in [0, 0.05) is 23.4 Å². The molecule has 2 aromatic carbocycles. The lowest BCUT2D eigenvalue weighted by Crippen LogP contribution is -2.08. The van der Waals surface area contributed by atoms with E-state index in [2.05, 4.69) is 10.3 Å². The number of halogens is 2. The lowest BCUT2D eigenvalue weighted by Gasteiger charge is -2.11. The Balaban J connectivity index is 2.24. The van der Waals surface area contributed by atoms with Crippen LogP contribution in [0.2, 0.25) is 0 Å². The van der Waals surface area contributed by atoms with Gasteiger partial charge in [-0.2, -0.15) is 0 Å². The average Bonchev–Trinajstić information content (AvgIpc) is 2.60. The number of nitrogens with one attached hydrogen (secondary N) is 1. The van der Waals surface area contributed by atoms with Crippen LogP contribution in [0, 0.1) is 11.6 Å². The molecule has 0 fully saturated rings. The number of benzene rings is 2. The van der Waals surface area contributed by atoms with Crippen molar-refractivity contribution in [2.45, 2.75) is 13.3 Å². The molecule has 0 aliphatic carbocycles. The summed E-state index contributed by atoms with van der Waals surface area (Å²) in [5.74, 6) is -0.923. The maximum atomic E-state index is 14.2. The Hall–Kier alpha value is -2.60. The van der Waals surface area contributed by atoms with Crippen LogP contribution in [0.4, 0.5) is 14.6 Å². The van der Waals surface area contributed by atoms with E-state index in [1.807, 2.05) is 31.2 Å². The molecule has 1 N–H and O–H groups in total. The molecule has 0 atom stereocenters. The van der Waals surface area contributed by atoms with Crippen LogP contribution in [0.5, 0.6) is 0 Å². The minimum atomic E-state index is -0.753. The Morgan fingerprint density at radius 2 is 1.92 bits per heavy atom. The first-order chi connectivity index (χ1) is 12.1. The third kappa shape index (κ3) is 2.53. The first-order valence-electron chi connectivity index (χ1n) is 7.98. The van der Waals surface area contributed by atoms with Crippen LogP contribution >= 0.6 is 11.3 Å². The molecule has 4 aromatic rings. The highest BCUT2D eigenvalue weighted by molar-refractivity contribution is 7.25. The zero-order valence-electron chi connectivity index (χ0n) is 13.4. The van der Waals surface area contributed by atoms with E-state index in [1.54, 1.807) is 0 Å². The largest absolute Gasteiger partial charge is 0.369 e. The summed E-state index contributed by atoms with van der Waals surface area (Å²) >= 11 is 1.13. The Kier molecular flexibility index (Phi) is 3.84. The SMILES string of the molecule is CCCNc1nc2ccccc2c2c(=O)c3cc(F)cc(F)c3sc12. The molecular formula is C19H14F2N2OS. The van der Waals surface area contributed by atoms with Crippen molar-refractivity contribution in [2.75, 3.05) is 11.9 Å². The van der Waals surface area contributed by atoms with E-state index in [0.717, 1.165) is 29.9 Å². The van der Waals surface area contributed by atoms with Gasteiger partial charge in [0.2, 0.25) is 0 Å². The summed E-state index contributed by atoms with van der Waals surface area (Å²) < 4.78 is 28.6. The van der Waals surface area contributed by atoms with Crippen LogP contribution in [0.25, 0.3) is 31.1 Å². The Labute approximate surface area is 145 Å². The van der Waals surface area contributed by atoms with Crippen LogP contribution in [-0.4, -0.2) is 11.5 Å². The maximum Gasteiger partial charge on any atom is 0.196 e. The number of hydrogen-bond donors (Lipinski definition) is 1. The zero-order valence-corrected chi connectivity index (χ0v) is 14.2. The van der Waals surface area contributed by atoms with E-state index >= 15 is 0 Å². The number of anilines is 1. The second-order valence-electron chi connectivity index (χ2n) is 5.80. The Bertz CT molecular complexity index is 1190. The summed E-state index contributed by atoms with van der Waals surface area (Å²) in [5.41, 5.74) is 0.300. The van der Waals surface area contributed by atoms with Crippen LogP contribution < -0.4 is 10.7 Å². The van der Waals surface area contributed by atoms with Crippen LogP contribution in [0.1, 0.15) is 13.3 Å². The standard InChI is InChI=1S/C19H14F2N2OS/c1-2-7-22-19-18-15(11-5-3-4-6-14(11)23-19)16(24)12-8-10(20)9-13(21)17(12)25-18/h3-6,8-9H,2,7H2,1H3,(H,22,23). The number of para-hydroxylation sites is 1. The zero-order chi connectivity index (χ0) is 17.6. The van der Waals surface area contributed by atoms with E-state index in [4.69, 9.17) is 0 Å². The van der Waals surface area contributed by atoms with Crippen molar-refractivity contribution >= 4 is 48.2 Å². The Morgan fingerprint density at radius 1 is 1.12 bits per heavy atom. The first-order valence-corrected chi connectivity index (χ1v) is 8.80. The number of fused-ring (bicyclic) bond motifs is 4. The molecular weight excluding hydrogens is 342 g/mol. The molecule has 0 saturated carbocycles. The molecule has 0 spiro atoms. The molecule has 0 aliphatic heterocycles. The maximum absolute atomic E-state index is 14.2. The Morgan fingerprint density at radius 3 is 2.72 bits per heavy atom. The van der Waals surface area contributed by atoms with Crippen molar-refractivity contribution in [3.05, 3.63) is 58.3 Å². The predicted molar refractivity (Wildman–Crippen MR) is 99.6 cm³/mol. The molecule has 2 heterocycles. The highest BCUT2D eigenvalue weighted by Gasteiger charge is 2.17. The molecule has 0 amide bonds. The molecule has 0 unspecified atom stereocenters. The van der Waals surface area contributed by atoms with Crippen LogP contribution in [-0.2, 0) is 0 Å². The predicted octanol–water partition coefficient (Wildman–Crippen LogP) is 5.06. The lowest BCUT2D eigenvalue weighted by atomic mass is 10.1. The number of pyridine rings is 1. The molecule has 0 radical (unpaired) electrons. The normalized spacial score (nSPS) is 11.5. The van der Waals surface area contributed by atoms with Gasteiger partial charge in [0.25, 0.3) is 0 Å². The van der Waals surface area contributed by atoms with Gasteiger partial charge >= 0.3 is 0 Å². The third-order valence-electron chi connectivity index (χ3n) is 4.07. The molecule has 0 saturated heterocycles. The first kappa shape index (κ1) is 15.9. The van der Waals surface area contributed by atoms with Gasteiger partial charge in [-0.3, -0.25) is 4.79 Å². The van der Waals surface area contributed by atoms with Gasteiger partial charge in [0.15, 0.2) is 5.43 Å². The van der Waals surface area contributed by atoms with E-state index in [-0.39, 0.29) is 15.5 Å². The van der Waals surface area contributed by atoms with E-state index < -0.39 is 11.6 Å². The molecule has 4 rings (SSSR count). The monoisotopic (exact) mass is 356 g/mol. The van der Waals surface area contributed by atoms with Gasteiger partial charge in [0.05, 0.1) is 20.3 Å². The van der Waals surface area contributed by atoms with Crippen molar-refractivity contribution in [3.8, 4) is 0 Å². The third-order valence-corrected chi connectivity index (χ3v) is 5.30. The number of rotatable bonds is 3. The van der Waals surface area contributed by atoms with Crippen molar-refractivity contribution in [2.24, 2.45) is 0 Å². The van der Waals surface area contributed by atoms with Crippen molar-refractivity contribution in [1.29, 1.82) is 0 Å². The fourth-order valence-corrected chi connectivity index (χ4v) is 4.09. The summed E-state index contributed by atoms with van der Waals surface area (Å²) in [7, 11) is 0. The van der Waals surface area contributed by atoms with E-state index in [9.17, 15) is 13.6 Å². The van der Waals surface area contributed by atoms with Crippen LogP contribution in [0.3, 0.4) is 0 Å². The second-order valence-corrected chi connectivity index (χ2v) is 6.82. The van der Waals surface area contributed by atoms with Gasteiger partial charge in [0.1, 0.15) is 17.5 Å². The van der Waals surface area contributed by atoms with Gasteiger partial charge in [-0.15, -0.1) is 11.3 Å². The number of nitrogens with zero attached hydrogens (tertiary/aromatic N) is 1.